The lowest BCUT2D eigenvalue weighted by molar-refractivity contribution is 0.104. The Hall–Kier alpha value is -2.60. The van der Waals surface area contributed by atoms with Crippen molar-refractivity contribution in [1.82, 2.24) is 9.38 Å². The van der Waals surface area contributed by atoms with E-state index in [4.69, 9.17) is 9.47 Å². The number of ketones is 1. The van der Waals surface area contributed by atoms with Crippen molar-refractivity contribution in [3.05, 3.63) is 52.8 Å². The van der Waals surface area contributed by atoms with Gasteiger partial charge in [-0.15, -0.1) is 11.3 Å². The van der Waals surface area contributed by atoms with Gasteiger partial charge in [0.2, 0.25) is 6.79 Å². The van der Waals surface area contributed by atoms with Gasteiger partial charge in [-0.25, -0.2) is 4.98 Å². The number of nitrogens with zero attached hydrogens (tertiary/aromatic N) is 2. The zero-order chi connectivity index (χ0) is 15.1. The second-order valence-corrected chi connectivity index (χ2v) is 5.78. The Morgan fingerprint density at radius 2 is 2.23 bits per heavy atom. The topological polar surface area (TPSA) is 52.8 Å². The van der Waals surface area contributed by atoms with E-state index in [1.807, 2.05) is 22.9 Å². The number of thiazole rings is 1. The largest absolute Gasteiger partial charge is 0.454 e. The normalized spacial score (nSPS) is 13.3. The minimum absolute atomic E-state index is 0.0807. The van der Waals surface area contributed by atoms with Crippen LogP contribution in [-0.2, 0) is 0 Å². The van der Waals surface area contributed by atoms with Crippen molar-refractivity contribution in [2.75, 3.05) is 6.79 Å². The summed E-state index contributed by atoms with van der Waals surface area (Å²) in [6, 6.07) is 5.20. The molecule has 0 fully saturated rings. The van der Waals surface area contributed by atoms with E-state index in [2.05, 4.69) is 4.98 Å². The third-order valence-corrected chi connectivity index (χ3v) is 4.29. The first kappa shape index (κ1) is 13.1. The molecule has 0 saturated carbocycles. The van der Waals surface area contributed by atoms with Crippen LogP contribution in [0.25, 0.3) is 11.0 Å². The summed E-state index contributed by atoms with van der Waals surface area (Å²) in [5.74, 6) is 1.20. The molecule has 0 N–H and O–H groups in total. The number of carbonyl (C=O) groups is 1. The highest BCUT2D eigenvalue weighted by Gasteiger charge is 2.15. The van der Waals surface area contributed by atoms with Crippen LogP contribution in [0.2, 0.25) is 0 Å². The van der Waals surface area contributed by atoms with Crippen LogP contribution >= 0.6 is 11.3 Å². The van der Waals surface area contributed by atoms with Crippen LogP contribution in [0, 0.1) is 6.92 Å². The highest BCUT2D eigenvalue weighted by atomic mass is 32.1. The fourth-order valence-corrected chi connectivity index (χ4v) is 3.18. The molecule has 4 rings (SSSR count). The van der Waals surface area contributed by atoms with Gasteiger partial charge in [0.1, 0.15) is 0 Å². The summed E-state index contributed by atoms with van der Waals surface area (Å²) >= 11 is 1.57. The van der Waals surface area contributed by atoms with Crippen molar-refractivity contribution in [1.29, 1.82) is 0 Å². The van der Waals surface area contributed by atoms with Gasteiger partial charge in [0.15, 0.2) is 22.2 Å². The lowest BCUT2D eigenvalue weighted by Gasteiger charge is -1.99. The predicted molar refractivity (Wildman–Crippen MR) is 83.7 cm³/mol. The summed E-state index contributed by atoms with van der Waals surface area (Å²) in [7, 11) is 0. The monoisotopic (exact) mass is 312 g/mol. The number of hydrogen-bond acceptors (Lipinski definition) is 5. The van der Waals surface area contributed by atoms with Crippen LogP contribution in [-0.4, -0.2) is 22.0 Å². The molecule has 0 spiro atoms. The third kappa shape index (κ3) is 2.08. The van der Waals surface area contributed by atoms with Gasteiger partial charge >= 0.3 is 0 Å². The molecule has 110 valence electrons. The number of imidazole rings is 1. The van der Waals surface area contributed by atoms with Gasteiger partial charge in [-0.05, 0) is 37.3 Å². The number of benzene rings is 1. The van der Waals surface area contributed by atoms with Crippen molar-refractivity contribution in [2.24, 2.45) is 0 Å². The fourth-order valence-electron chi connectivity index (χ4n) is 2.41. The van der Waals surface area contributed by atoms with Gasteiger partial charge in [0.25, 0.3) is 0 Å². The third-order valence-electron chi connectivity index (χ3n) is 3.53. The maximum atomic E-state index is 12.3. The quantitative estimate of drug-likeness (QED) is 0.550. The lowest BCUT2D eigenvalue weighted by atomic mass is 10.1. The summed E-state index contributed by atoms with van der Waals surface area (Å²) in [5, 5.41) is 1.97. The smallest absolute Gasteiger partial charge is 0.231 e. The Bertz CT molecular complexity index is 907. The number of rotatable bonds is 3. The first-order chi connectivity index (χ1) is 10.7. The number of hydrogen-bond donors (Lipinski definition) is 0. The lowest BCUT2D eigenvalue weighted by Crippen LogP contribution is -1.95. The Kier molecular flexibility index (Phi) is 2.97. The first-order valence-corrected chi connectivity index (χ1v) is 7.64. The van der Waals surface area contributed by atoms with E-state index in [9.17, 15) is 4.79 Å². The number of carbonyl (C=O) groups excluding carboxylic acids is 1. The summed E-state index contributed by atoms with van der Waals surface area (Å²) in [6.07, 6.45) is 5.31. The second-order valence-electron chi connectivity index (χ2n) is 4.90. The van der Waals surface area contributed by atoms with Gasteiger partial charge in [0.05, 0.1) is 11.4 Å². The molecule has 0 amide bonds. The van der Waals surface area contributed by atoms with Crippen LogP contribution < -0.4 is 9.47 Å². The van der Waals surface area contributed by atoms with Crippen molar-refractivity contribution in [3.8, 4) is 11.5 Å². The van der Waals surface area contributed by atoms with E-state index in [1.54, 1.807) is 41.7 Å². The van der Waals surface area contributed by atoms with Crippen LogP contribution in [0.3, 0.4) is 0 Å². The van der Waals surface area contributed by atoms with E-state index in [0.717, 1.165) is 16.3 Å². The second kappa shape index (κ2) is 4.99. The predicted octanol–water partition coefficient (Wildman–Crippen LogP) is 3.33. The van der Waals surface area contributed by atoms with Gasteiger partial charge in [-0.2, -0.15) is 0 Å². The number of aryl methyl sites for hydroxylation is 1. The molecule has 0 atom stereocenters. The maximum absolute atomic E-state index is 12.3. The molecule has 3 aromatic rings. The molecule has 0 bridgehead atoms. The van der Waals surface area contributed by atoms with Crippen molar-refractivity contribution in [3.63, 3.8) is 0 Å². The Morgan fingerprint density at radius 1 is 1.36 bits per heavy atom. The van der Waals surface area contributed by atoms with Crippen molar-refractivity contribution >= 4 is 28.2 Å². The van der Waals surface area contributed by atoms with Crippen LogP contribution in [0.5, 0.6) is 11.5 Å². The molecule has 0 radical (unpaired) electrons. The van der Waals surface area contributed by atoms with E-state index in [-0.39, 0.29) is 12.6 Å². The van der Waals surface area contributed by atoms with Crippen molar-refractivity contribution < 1.29 is 14.3 Å². The Balaban J connectivity index is 1.64. The molecule has 2 aromatic heterocycles. The summed E-state index contributed by atoms with van der Waals surface area (Å²) in [6.45, 7) is 2.14. The standard InChI is InChI=1S/C16H12N2O3S/c1-10-12(18-6-7-22-16(18)17-10)3-4-13(19)11-2-5-14-15(8-11)21-9-20-14/h2-8H,9H2,1H3/b4-3+. The number of fused-ring (bicyclic) bond motifs is 2. The number of allylic oxidation sites excluding steroid dienone is 1. The van der Waals surface area contributed by atoms with Crippen LogP contribution in [0.4, 0.5) is 0 Å². The average Bonchev–Trinajstić information content (AvgIpc) is 3.20. The first-order valence-electron chi connectivity index (χ1n) is 6.76. The SMILES string of the molecule is Cc1nc2sccn2c1/C=C/C(=O)c1ccc2c(c1)OCO2. The van der Waals surface area contributed by atoms with Gasteiger partial charge in [-0.3, -0.25) is 9.20 Å². The maximum Gasteiger partial charge on any atom is 0.231 e. The van der Waals surface area contributed by atoms with Gasteiger partial charge < -0.3 is 9.47 Å². The van der Waals surface area contributed by atoms with Crippen LogP contribution in [0.1, 0.15) is 21.7 Å². The van der Waals surface area contributed by atoms with E-state index < -0.39 is 0 Å². The average molecular weight is 312 g/mol. The van der Waals surface area contributed by atoms with Gasteiger partial charge in [-0.1, -0.05) is 0 Å². The molecule has 22 heavy (non-hydrogen) atoms. The van der Waals surface area contributed by atoms with Crippen LogP contribution in [0.15, 0.2) is 35.9 Å². The molecular formula is C16H12N2O3S. The molecule has 0 unspecified atom stereocenters. The number of ether oxygens (including phenoxy) is 2. The molecule has 0 saturated heterocycles. The van der Waals surface area contributed by atoms with Crippen molar-refractivity contribution in [2.45, 2.75) is 6.92 Å². The minimum Gasteiger partial charge on any atom is -0.454 e. The summed E-state index contributed by atoms with van der Waals surface area (Å²) < 4.78 is 12.5. The molecular weight excluding hydrogens is 300 g/mol. The highest BCUT2D eigenvalue weighted by Crippen LogP contribution is 2.32. The zero-order valence-corrected chi connectivity index (χ0v) is 12.6. The van der Waals surface area contributed by atoms with E-state index in [0.29, 0.717) is 17.1 Å². The summed E-state index contributed by atoms with van der Waals surface area (Å²) in [4.78, 5) is 17.7. The van der Waals surface area contributed by atoms with Gasteiger partial charge in [0, 0.05) is 17.1 Å². The molecule has 6 heteroatoms. The fraction of sp³-hybridized carbons (Fsp3) is 0.125. The molecule has 5 nitrogen and oxygen atoms in total. The molecule has 0 aliphatic carbocycles. The minimum atomic E-state index is -0.0807. The highest BCUT2D eigenvalue weighted by molar-refractivity contribution is 7.15. The zero-order valence-electron chi connectivity index (χ0n) is 11.8. The Labute approximate surface area is 130 Å². The molecule has 3 heterocycles. The van der Waals surface area contributed by atoms with E-state index in [1.165, 1.54) is 0 Å². The summed E-state index contributed by atoms with van der Waals surface area (Å²) in [5.41, 5.74) is 2.40. The molecule has 1 aliphatic heterocycles. The number of aromatic nitrogens is 2. The molecule has 1 aliphatic rings. The van der Waals surface area contributed by atoms with E-state index >= 15 is 0 Å². The Morgan fingerprint density at radius 3 is 3.14 bits per heavy atom. The molecule has 1 aromatic carbocycles.